The van der Waals surface area contributed by atoms with E-state index in [1.807, 2.05) is 42.5 Å². The van der Waals surface area contributed by atoms with E-state index in [1.165, 1.54) is 0 Å². The van der Waals surface area contributed by atoms with Crippen LogP contribution in [0.15, 0.2) is 54.6 Å². The summed E-state index contributed by atoms with van der Waals surface area (Å²) < 4.78 is 5.00. The van der Waals surface area contributed by atoms with E-state index in [2.05, 4.69) is 5.32 Å². The maximum atomic E-state index is 13.0. The maximum absolute atomic E-state index is 13.0. The predicted molar refractivity (Wildman–Crippen MR) is 111 cm³/mol. The van der Waals surface area contributed by atoms with Crippen LogP contribution in [0.1, 0.15) is 24.5 Å². The number of hydrogen-bond acceptors (Lipinski definition) is 3. The highest BCUT2D eigenvalue weighted by atomic mass is 35.5. The molecule has 1 N–H and O–H groups in total. The Morgan fingerprint density at radius 1 is 1.07 bits per heavy atom. The highest BCUT2D eigenvalue weighted by molar-refractivity contribution is 6.30. The summed E-state index contributed by atoms with van der Waals surface area (Å²) in [6, 6.07) is 16.3. The molecule has 0 saturated carbocycles. The second-order valence-corrected chi connectivity index (χ2v) is 7.06. The number of carbonyl (C=O) groups is 2. The molecule has 0 spiro atoms. The molecule has 1 atom stereocenters. The zero-order chi connectivity index (χ0) is 20.4. The van der Waals surface area contributed by atoms with E-state index in [4.69, 9.17) is 16.3 Å². The van der Waals surface area contributed by atoms with Gasteiger partial charge in [-0.15, -0.1) is 0 Å². The average molecular weight is 403 g/mol. The molecule has 0 aliphatic carbocycles. The number of carbonyl (C=O) groups excluding carboxylic acids is 2. The SMILES string of the molecule is COCCCNC(=O)C(C)N(Cc1ccccc1)C(=O)Cc1ccc(Cl)cc1. The molecule has 1 unspecified atom stereocenters. The first-order valence-electron chi connectivity index (χ1n) is 9.35. The Hall–Kier alpha value is -2.37. The van der Waals surface area contributed by atoms with E-state index in [1.54, 1.807) is 31.1 Å². The number of nitrogens with zero attached hydrogens (tertiary/aromatic N) is 1. The number of amides is 2. The third kappa shape index (κ3) is 6.98. The van der Waals surface area contributed by atoms with Gasteiger partial charge >= 0.3 is 0 Å². The highest BCUT2D eigenvalue weighted by Gasteiger charge is 2.26. The van der Waals surface area contributed by atoms with Gasteiger partial charge in [-0.3, -0.25) is 9.59 Å². The number of hydrogen-bond donors (Lipinski definition) is 1. The lowest BCUT2D eigenvalue weighted by atomic mass is 10.1. The van der Waals surface area contributed by atoms with Crippen LogP contribution in [0.3, 0.4) is 0 Å². The van der Waals surface area contributed by atoms with E-state index in [-0.39, 0.29) is 18.2 Å². The molecule has 0 heterocycles. The Morgan fingerprint density at radius 3 is 2.39 bits per heavy atom. The summed E-state index contributed by atoms with van der Waals surface area (Å²) in [7, 11) is 1.63. The highest BCUT2D eigenvalue weighted by Crippen LogP contribution is 2.14. The Kier molecular flexibility index (Phi) is 8.98. The fraction of sp³-hybridized carbons (Fsp3) is 0.364. The Labute approximate surface area is 171 Å². The smallest absolute Gasteiger partial charge is 0.242 e. The molecule has 2 amide bonds. The zero-order valence-corrected chi connectivity index (χ0v) is 17.1. The molecule has 0 aromatic heterocycles. The Bertz CT molecular complexity index is 750. The van der Waals surface area contributed by atoms with Crippen LogP contribution in [0.5, 0.6) is 0 Å². The van der Waals surface area contributed by atoms with Crippen LogP contribution in [-0.4, -0.2) is 43.0 Å². The third-order valence-electron chi connectivity index (χ3n) is 4.46. The average Bonchev–Trinajstić information content (AvgIpc) is 2.71. The van der Waals surface area contributed by atoms with Crippen molar-refractivity contribution in [3.05, 3.63) is 70.7 Å². The second-order valence-electron chi connectivity index (χ2n) is 6.62. The molecular formula is C22H27ClN2O3. The molecule has 2 aromatic carbocycles. The van der Waals surface area contributed by atoms with Gasteiger partial charge in [-0.2, -0.15) is 0 Å². The van der Waals surface area contributed by atoms with E-state index in [0.717, 1.165) is 17.5 Å². The molecule has 150 valence electrons. The van der Waals surface area contributed by atoms with Gasteiger partial charge in [-0.05, 0) is 36.6 Å². The van der Waals surface area contributed by atoms with Crippen molar-refractivity contribution >= 4 is 23.4 Å². The van der Waals surface area contributed by atoms with Crippen molar-refractivity contribution in [3.63, 3.8) is 0 Å². The summed E-state index contributed by atoms with van der Waals surface area (Å²) in [5.41, 5.74) is 1.84. The van der Waals surface area contributed by atoms with Crippen LogP contribution in [0.4, 0.5) is 0 Å². The molecule has 6 heteroatoms. The molecule has 0 bridgehead atoms. The molecule has 0 aliphatic heterocycles. The van der Waals surface area contributed by atoms with Gasteiger partial charge in [0, 0.05) is 31.8 Å². The maximum Gasteiger partial charge on any atom is 0.242 e. The molecule has 0 fully saturated rings. The van der Waals surface area contributed by atoms with Gasteiger partial charge in [-0.1, -0.05) is 54.1 Å². The molecule has 5 nitrogen and oxygen atoms in total. The van der Waals surface area contributed by atoms with Crippen LogP contribution in [0.25, 0.3) is 0 Å². The molecular weight excluding hydrogens is 376 g/mol. The largest absolute Gasteiger partial charge is 0.385 e. The molecule has 0 saturated heterocycles. The lowest BCUT2D eigenvalue weighted by molar-refractivity contribution is -0.140. The standard InChI is InChI=1S/C22H27ClN2O3/c1-17(22(27)24-13-6-14-28-2)25(16-19-7-4-3-5-8-19)21(26)15-18-9-11-20(23)12-10-18/h3-5,7-12,17H,6,13-16H2,1-2H3,(H,24,27). The van der Waals surface area contributed by atoms with Crippen molar-refractivity contribution in [2.24, 2.45) is 0 Å². The van der Waals surface area contributed by atoms with E-state index >= 15 is 0 Å². The van der Waals surface area contributed by atoms with E-state index in [0.29, 0.717) is 24.7 Å². The second kappa shape index (κ2) is 11.5. The first-order valence-corrected chi connectivity index (χ1v) is 9.73. The summed E-state index contributed by atoms with van der Waals surface area (Å²) in [6.07, 6.45) is 0.942. The van der Waals surface area contributed by atoms with E-state index < -0.39 is 6.04 Å². The molecule has 0 aliphatic rings. The minimum atomic E-state index is -0.581. The minimum absolute atomic E-state index is 0.106. The van der Waals surface area contributed by atoms with Gasteiger partial charge in [0.2, 0.25) is 11.8 Å². The fourth-order valence-corrected chi connectivity index (χ4v) is 2.94. The van der Waals surface area contributed by atoms with Crippen molar-refractivity contribution in [2.45, 2.75) is 32.4 Å². The number of halogens is 1. The molecule has 2 rings (SSSR count). The van der Waals surface area contributed by atoms with Crippen molar-refractivity contribution in [3.8, 4) is 0 Å². The number of rotatable bonds is 10. The minimum Gasteiger partial charge on any atom is -0.385 e. The number of methoxy groups -OCH3 is 1. The zero-order valence-electron chi connectivity index (χ0n) is 16.4. The van der Waals surface area contributed by atoms with Gasteiger partial charge in [-0.25, -0.2) is 0 Å². The molecule has 0 radical (unpaired) electrons. The van der Waals surface area contributed by atoms with Crippen LogP contribution >= 0.6 is 11.6 Å². The van der Waals surface area contributed by atoms with Crippen LogP contribution < -0.4 is 5.32 Å². The van der Waals surface area contributed by atoms with Gasteiger partial charge in [0.25, 0.3) is 0 Å². The van der Waals surface area contributed by atoms with Gasteiger partial charge in [0.05, 0.1) is 6.42 Å². The number of nitrogens with one attached hydrogen (secondary N) is 1. The number of benzene rings is 2. The third-order valence-corrected chi connectivity index (χ3v) is 4.71. The van der Waals surface area contributed by atoms with Crippen LogP contribution in [-0.2, 0) is 27.3 Å². The summed E-state index contributed by atoms with van der Waals surface area (Å²) in [4.78, 5) is 27.2. The Morgan fingerprint density at radius 2 is 1.75 bits per heavy atom. The molecule has 2 aromatic rings. The van der Waals surface area contributed by atoms with Gasteiger partial charge < -0.3 is 15.0 Å². The summed E-state index contributed by atoms with van der Waals surface area (Å²) in [5.74, 6) is -0.276. The lowest BCUT2D eigenvalue weighted by Gasteiger charge is -2.29. The summed E-state index contributed by atoms with van der Waals surface area (Å²) >= 11 is 5.92. The first-order chi connectivity index (χ1) is 13.5. The monoisotopic (exact) mass is 402 g/mol. The van der Waals surface area contributed by atoms with Crippen LogP contribution in [0, 0.1) is 0 Å². The van der Waals surface area contributed by atoms with Crippen LogP contribution in [0.2, 0.25) is 5.02 Å². The van der Waals surface area contributed by atoms with E-state index in [9.17, 15) is 9.59 Å². The lowest BCUT2D eigenvalue weighted by Crippen LogP contribution is -2.48. The molecule has 28 heavy (non-hydrogen) atoms. The summed E-state index contributed by atoms with van der Waals surface area (Å²) in [6.45, 7) is 3.23. The topological polar surface area (TPSA) is 58.6 Å². The normalized spacial score (nSPS) is 11.7. The van der Waals surface area contributed by atoms with Crippen molar-refractivity contribution in [1.29, 1.82) is 0 Å². The predicted octanol–water partition coefficient (Wildman–Crippen LogP) is 3.45. The Balaban J connectivity index is 2.09. The number of ether oxygens (including phenoxy) is 1. The van der Waals surface area contributed by atoms with Gasteiger partial charge in [0.15, 0.2) is 0 Å². The first kappa shape index (κ1) is 21.9. The quantitative estimate of drug-likeness (QED) is 0.619. The summed E-state index contributed by atoms with van der Waals surface area (Å²) in [5, 5.41) is 3.51. The fourth-order valence-electron chi connectivity index (χ4n) is 2.82. The van der Waals surface area contributed by atoms with Crippen molar-refractivity contribution in [1.82, 2.24) is 10.2 Å². The van der Waals surface area contributed by atoms with Crippen molar-refractivity contribution in [2.75, 3.05) is 20.3 Å². The van der Waals surface area contributed by atoms with Crippen molar-refractivity contribution < 1.29 is 14.3 Å². The van der Waals surface area contributed by atoms with Gasteiger partial charge in [0.1, 0.15) is 6.04 Å².